The predicted molar refractivity (Wildman–Crippen MR) is 67.7 cm³/mol. The molecule has 3 N–H and O–H groups in total. The quantitative estimate of drug-likeness (QED) is 0.853. The highest BCUT2D eigenvalue weighted by Gasteiger charge is 2.34. The molecule has 1 aromatic carbocycles. The van der Waals surface area contributed by atoms with Gasteiger partial charge in [-0.3, -0.25) is 0 Å². The van der Waals surface area contributed by atoms with E-state index in [9.17, 15) is 17.6 Å². The minimum Gasteiger partial charge on any atom is -0.490 e. The number of nitrogens with zero attached hydrogens (tertiary/aromatic N) is 2. The average Bonchev–Trinajstić information content (AvgIpc) is 2.40. The molecule has 1 heterocycles. The Labute approximate surface area is 116 Å². The molecule has 21 heavy (non-hydrogen) atoms. The number of nitrogen functional groups attached to an aromatic ring is 1. The molecule has 0 saturated carbocycles. The summed E-state index contributed by atoms with van der Waals surface area (Å²) in [5, 5.41) is 2.58. The summed E-state index contributed by atoms with van der Waals surface area (Å²) in [5.74, 6) is -1.18. The van der Waals surface area contributed by atoms with Gasteiger partial charge >= 0.3 is 6.18 Å². The maximum atomic E-state index is 13.2. The van der Waals surface area contributed by atoms with Crippen molar-refractivity contribution < 1.29 is 22.3 Å². The van der Waals surface area contributed by atoms with Crippen LogP contribution in [0.25, 0.3) is 0 Å². The van der Waals surface area contributed by atoms with Crippen LogP contribution in [0, 0.1) is 5.82 Å². The van der Waals surface area contributed by atoms with Crippen LogP contribution in [0.15, 0.2) is 24.5 Å². The second kappa shape index (κ2) is 5.43. The van der Waals surface area contributed by atoms with Crippen LogP contribution in [0.1, 0.15) is 5.56 Å². The molecule has 0 unspecified atom stereocenters. The molecule has 0 saturated heterocycles. The zero-order valence-electron chi connectivity index (χ0n) is 10.7. The molecule has 0 fully saturated rings. The number of methoxy groups -OCH3 is 1. The molecule has 2 aromatic rings. The Morgan fingerprint density at radius 1 is 1.24 bits per heavy atom. The van der Waals surface area contributed by atoms with E-state index in [4.69, 9.17) is 10.5 Å². The van der Waals surface area contributed by atoms with Crippen molar-refractivity contribution in [2.45, 2.75) is 6.18 Å². The predicted octanol–water partition coefficient (Wildman–Crippen LogP) is 2.97. The van der Waals surface area contributed by atoms with E-state index in [1.165, 1.54) is 7.11 Å². The average molecular weight is 302 g/mol. The standard InChI is InChI=1S/C12H10F4N4O/c1-21-9-10(17)18-5-19-11(9)20-6-2-3-8(13)7(4-6)12(14,15)16/h2-5H,1H3,(H3,17,18,19,20). The fourth-order valence-electron chi connectivity index (χ4n) is 1.63. The third-order valence-corrected chi connectivity index (χ3v) is 2.57. The molecule has 0 bridgehead atoms. The minimum absolute atomic E-state index is 0.0138. The zero-order valence-corrected chi connectivity index (χ0v) is 10.7. The Hall–Kier alpha value is -2.58. The van der Waals surface area contributed by atoms with Gasteiger partial charge in [0.1, 0.15) is 12.1 Å². The number of hydrogen-bond donors (Lipinski definition) is 2. The van der Waals surface area contributed by atoms with Gasteiger partial charge < -0.3 is 15.8 Å². The number of anilines is 3. The highest BCUT2D eigenvalue weighted by atomic mass is 19.4. The lowest BCUT2D eigenvalue weighted by molar-refractivity contribution is -0.139. The maximum Gasteiger partial charge on any atom is 0.419 e. The van der Waals surface area contributed by atoms with Crippen LogP contribution in [0.5, 0.6) is 5.75 Å². The minimum atomic E-state index is -4.80. The van der Waals surface area contributed by atoms with Gasteiger partial charge in [0.2, 0.25) is 5.75 Å². The van der Waals surface area contributed by atoms with Gasteiger partial charge in [0.15, 0.2) is 11.6 Å². The Morgan fingerprint density at radius 3 is 2.57 bits per heavy atom. The van der Waals surface area contributed by atoms with E-state index in [0.29, 0.717) is 12.1 Å². The van der Waals surface area contributed by atoms with E-state index < -0.39 is 17.6 Å². The summed E-state index contributed by atoms with van der Waals surface area (Å²) in [7, 11) is 1.31. The van der Waals surface area contributed by atoms with Crippen molar-refractivity contribution >= 4 is 17.3 Å². The SMILES string of the molecule is COc1c(N)ncnc1Nc1ccc(F)c(C(F)(F)F)c1. The molecular weight excluding hydrogens is 292 g/mol. The first-order chi connectivity index (χ1) is 9.82. The molecule has 0 aliphatic rings. The Kier molecular flexibility index (Phi) is 3.83. The molecule has 2 rings (SSSR count). The van der Waals surface area contributed by atoms with Crippen molar-refractivity contribution in [3.63, 3.8) is 0 Å². The van der Waals surface area contributed by atoms with Crippen LogP contribution in [-0.4, -0.2) is 17.1 Å². The third-order valence-electron chi connectivity index (χ3n) is 2.57. The molecule has 112 valence electrons. The van der Waals surface area contributed by atoms with E-state index in [0.717, 1.165) is 12.4 Å². The van der Waals surface area contributed by atoms with Crippen LogP contribution in [0.4, 0.5) is 34.9 Å². The van der Waals surface area contributed by atoms with Gasteiger partial charge in [0.05, 0.1) is 12.7 Å². The number of hydrogen-bond acceptors (Lipinski definition) is 5. The number of nitrogens with two attached hydrogens (primary N) is 1. The van der Waals surface area contributed by atoms with Crippen molar-refractivity contribution in [2.75, 3.05) is 18.2 Å². The van der Waals surface area contributed by atoms with Crippen LogP contribution in [0.2, 0.25) is 0 Å². The first-order valence-electron chi connectivity index (χ1n) is 5.61. The van der Waals surface area contributed by atoms with Crippen LogP contribution in [-0.2, 0) is 6.18 Å². The lowest BCUT2D eigenvalue weighted by Gasteiger charge is -2.13. The first kappa shape index (κ1) is 14.8. The van der Waals surface area contributed by atoms with Gasteiger partial charge in [0.25, 0.3) is 0 Å². The fourth-order valence-corrected chi connectivity index (χ4v) is 1.63. The number of alkyl halides is 3. The van der Waals surface area contributed by atoms with E-state index in [1.807, 2.05) is 0 Å². The van der Waals surface area contributed by atoms with Crippen LogP contribution < -0.4 is 15.8 Å². The molecule has 9 heteroatoms. The number of ether oxygens (including phenoxy) is 1. The topological polar surface area (TPSA) is 73.1 Å². The zero-order chi connectivity index (χ0) is 15.6. The molecule has 0 spiro atoms. The molecular formula is C12H10F4N4O. The number of aromatic nitrogens is 2. The largest absolute Gasteiger partial charge is 0.490 e. The van der Waals surface area contributed by atoms with E-state index in [-0.39, 0.29) is 23.1 Å². The van der Waals surface area contributed by atoms with Crippen molar-refractivity contribution in [3.8, 4) is 5.75 Å². The smallest absolute Gasteiger partial charge is 0.419 e. The van der Waals surface area contributed by atoms with Crippen molar-refractivity contribution in [2.24, 2.45) is 0 Å². The van der Waals surface area contributed by atoms with Crippen molar-refractivity contribution in [1.82, 2.24) is 9.97 Å². The van der Waals surface area contributed by atoms with E-state index >= 15 is 0 Å². The van der Waals surface area contributed by atoms with Gasteiger partial charge in [-0.25, -0.2) is 14.4 Å². The number of nitrogens with one attached hydrogen (secondary N) is 1. The van der Waals surface area contributed by atoms with Gasteiger partial charge in [-0.1, -0.05) is 0 Å². The van der Waals surface area contributed by atoms with Crippen LogP contribution >= 0.6 is 0 Å². The molecule has 1 aromatic heterocycles. The summed E-state index contributed by atoms with van der Waals surface area (Å²) in [6, 6.07) is 2.48. The number of benzene rings is 1. The molecule has 0 atom stereocenters. The third kappa shape index (κ3) is 3.12. The summed E-state index contributed by atoms with van der Waals surface area (Å²) >= 11 is 0. The molecule has 0 amide bonds. The van der Waals surface area contributed by atoms with Gasteiger partial charge in [-0.2, -0.15) is 13.2 Å². The summed E-state index contributed by atoms with van der Waals surface area (Å²) < 4.78 is 56.1. The summed E-state index contributed by atoms with van der Waals surface area (Å²) in [5.41, 5.74) is 4.16. The normalized spacial score (nSPS) is 11.3. The van der Waals surface area contributed by atoms with E-state index in [1.54, 1.807) is 0 Å². The number of rotatable bonds is 3. The summed E-state index contributed by atoms with van der Waals surface area (Å²) in [4.78, 5) is 7.50. The van der Waals surface area contributed by atoms with Gasteiger partial charge in [0, 0.05) is 5.69 Å². The first-order valence-corrected chi connectivity index (χ1v) is 5.61. The highest BCUT2D eigenvalue weighted by Crippen LogP contribution is 2.35. The molecule has 5 nitrogen and oxygen atoms in total. The molecule has 0 radical (unpaired) electrons. The second-order valence-electron chi connectivity index (χ2n) is 3.96. The molecule has 0 aliphatic carbocycles. The second-order valence-corrected chi connectivity index (χ2v) is 3.96. The van der Waals surface area contributed by atoms with Crippen molar-refractivity contribution in [3.05, 3.63) is 35.9 Å². The Bertz CT molecular complexity index is 660. The Morgan fingerprint density at radius 2 is 1.95 bits per heavy atom. The van der Waals surface area contributed by atoms with E-state index in [2.05, 4.69) is 15.3 Å². The fraction of sp³-hybridized carbons (Fsp3) is 0.167. The number of halogens is 4. The van der Waals surface area contributed by atoms with Gasteiger partial charge in [-0.05, 0) is 18.2 Å². The molecule has 0 aliphatic heterocycles. The monoisotopic (exact) mass is 302 g/mol. The lowest BCUT2D eigenvalue weighted by atomic mass is 10.2. The van der Waals surface area contributed by atoms with Gasteiger partial charge in [-0.15, -0.1) is 0 Å². The highest BCUT2D eigenvalue weighted by molar-refractivity contribution is 5.68. The summed E-state index contributed by atoms with van der Waals surface area (Å²) in [6.45, 7) is 0. The lowest BCUT2D eigenvalue weighted by Crippen LogP contribution is -2.09. The Balaban J connectivity index is 2.39. The van der Waals surface area contributed by atoms with Crippen molar-refractivity contribution in [1.29, 1.82) is 0 Å². The maximum absolute atomic E-state index is 13.2. The summed E-state index contributed by atoms with van der Waals surface area (Å²) in [6.07, 6.45) is -3.68. The van der Waals surface area contributed by atoms with Crippen LogP contribution in [0.3, 0.4) is 0 Å².